The highest BCUT2D eigenvalue weighted by Gasteiger charge is 2.24. The normalized spacial score (nSPS) is 12.6. The first kappa shape index (κ1) is 16.3. The minimum Gasteiger partial charge on any atom is -0.465 e. The van der Waals surface area contributed by atoms with Crippen LogP contribution in [-0.2, 0) is 11.2 Å². The third-order valence-electron chi connectivity index (χ3n) is 2.75. The molecule has 0 heterocycles. The number of benzene rings is 1. The number of hydrogen-bond donors (Lipinski definition) is 3. The summed E-state index contributed by atoms with van der Waals surface area (Å²) in [5.41, 5.74) is 0.554. The molecule has 3 N–H and O–H groups in total. The minimum absolute atomic E-state index is 0.355. The van der Waals surface area contributed by atoms with Crippen LogP contribution in [0.5, 0.6) is 0 Å². The Bertz CT molecular complexity index is 486. The van der Waals surface area contributed by atoms with Gasteiger partial charge in [0.2, 0.25) is 5.91 Å². The van der Waals surface area contributed by atoms with Crippen molar-refractivity contribution in [3.05, 3.63) is 34.9 Å². The largest absolute Gasteiger partial charge is 0.465 e. The van der Waals surface area contributed by atoms with E-state index in [1.54, 1.807) is 12.1 Å². The molecule has 1 atom stereocenters. The van der Waals surface area contributed by atoms with Crippen LogP contribution < -0.4 is 10.6 Å². The van der Waals surface area contributed by atoms with Crippen LogP contribution in [0.25, 0.3) is 0 Å². The van der Waals surface area contributed by atoms with E-state index in [1.807, 2.05) is 26.0 Å². The highest BCUT2D eigenvalue weighted by atomic mass is 35.5. The molecule has 1 unspecified atom stereocenters. The zero-order chi connectivity index (χ0) is 15.3. The second-order valence-electron chi connectivity index (χ2n) is 5.35. The van der Waals surface area contributed by atoms with Gasteiger partial charge in [0.05, 0.1) is 0 Å². The Morgan fingerprint density at radius 1 is 1.30 bits per heavy atom. The van der Waals surface area contributed by atoms with Crippen LogP contribution in [0, 0.1) is 0 Å². The monoisotopic (exact) mass is 298 g/mol. The van der Waals surface area contributed by atoms with E-state index in [4.69, 9.17) is 16.7 Å². The first-order valence-electron chi connectivity index (χ1n) is 6.25. The van der Waals surface area contributed by atoms with Crippen molar-refractivity contribution in [3.63, 3.8) is 0 Å². The Hall–Kier alpha value is -1.75. The van der Waals surface area contributed by atoms with Crippen molar-refractivity contribution >= 4 is 23.6 Å². The molecule has 1 rings (SSSR count). The molecule has 0 aliphatic heterocycles. The summed E-state index contributed by atoms with van der Waals surface area (Å²) < 4.78 is 0. The summed E-state index contributed by atoms with van der Waals surface area (Å²) in [5, 5.41) is 14.2. The summed E-state index contributed by atoms with van der Waals surface area (Å²) >= 11 is 5.82. The molecule has 5 nitrogen and oxygen atoms in total. The molecule has 0 aliphatic rings. The first-order valence-corrected chi connectivity index (χ1v) is 6.63. The van der Waals surface area contributed by atoms with Gasteiger partial charge in [-0.1, -0.05) is 23.7 Å². The summed E-state index contributed by atoms with van der Waals surface area (Å²) in [7, 11) is 0. The van der Waals surface area contributed by atoms with E-state index in [-0.39, 0.29) is 5.91 Å². The van der Waals surface area contributed by atoms with E-state index < -0.39 is 17.7 Å². The van der Waals surface area contributed by atoms with E-state index in [1.165, 1.54) is 6.92 Å². The van der Waals surface area contributed by atoms with Crippen molar-refractivity contribution in [2.24, 2.45) is 0 Å². The lowest BCUT2D eigenvalue weighted by atomic mass is 9.94. The summed E-state index contributed by atoms with van der Waals surface area (Å²) in [6, 6.07) is 6.59. The maximum absolute atomic E-state index is 11.9. The van der Waals surface area contributed by atoms with Gasteiger partial charge in [0.1, 0.15) is 6.04 Å². The molecule has 0 bridgehead atoms. The molecule has 0 saturated carbocycles. The van der Waals surface area contributed by atoms with Crippen molar-refractivity contribution in [2.45, 2.75) is 38.8 Å². The number of rotatable bonds is 5. The summed E-state index contributed by atoms with van der Waals surface area (Å²) in [6.07, 6.45) is -0.599. The zero-order valence-electron chi connectivity index (χ0n) is 11.7. The van der Waals surface area contributed by atoms with E-state index in [0.29, 0.717) is 11.4 Å². The van der Waals surface area contributed by atoms with E-state index >= 15 is 0 Å². The molecule has 0 aromatic heterocycles. The van der Waals surface area contributed by atoms with Crippen LogP contribution in [0.4, 0.5) is 4.79 Å². The molecule has 0 aliphatic carbocycles. The topological polar surface area (TPSA) is 78.4 Å². The Kier molecular flexibility index (Phi) is 5.39. The minimum atomic E-state index is -1.22. The Morgan fingerprint density at radius 2 is 1.85 bits per heavy atom. The molecule has 0 radical (unpaired) electrons. The predicted octanol–water partition coefficient (Wildman–Crippen LogP) is 2.43. The van der Waals surface area contributed by atoms with Gasteiger partial charge in [0, 0.05) is 10.6 Å². The van der Waals surface area contributed by atoms with E-state index in [2.05, 4.69) is 10.6 Å². The van der Waals surface area contributed by atoms with Gasteiger partial charge in [0.15, 0.2) is 0 Å². The number of amides is 2. The lowest BCUT2D eigenvalue weighted by molar-refractivity contribution is -0.124. The van der Waals surface area contributed by atoms with Gasteiger partial charge in [-0.25, -0.2) is 4.79 Å². The number of halogens is 1. The quantitative estimate of drug-likeness (QED) is 0.781. The molecular weight excluding hydrogens is 280 g/mol. The smallest absolute Gasteiger partial charge is 0.405 e. The fraction of sp³-hybridized carbons (Fsp3) is 0.429. The van der Waals surface area contributed by atoms with Crippen molar-refractivity contribution in [2.75, 3.05) is 0 Å². The van der Waals surface area contributed by atoms with Crippen LogP contribution in [0.2, 0.25) is 5.02 Å². The Balaban J connectivity index is 2.62. The highest BCUT2D eigenvalue weighted by Crippen LogP contribution is 2.16. The van der Waals surface area contributed by atoms with Gasteiger partial charge in [-0.15, -0.1) is 0 Å². The molecule has 6 heteroatoms. The van der Waals surface area contributed by atoms with Gasteiger partial charge in [-0.3, -0.25) is 4.79 Å². The molecule has 2 amide bonds. The molecule has 0 fully saturated rings. The average Bonchev–Trinajstić information content (AvgIpc) is 2.30. The second kappa shape index (κ2) is 6.61. The third-order valence-corrected chi connectivity index (χ3v) is 3.01. The average molecular weight is 299 g/mol. The van der Waals surface area contributed by atoms with Crippen LogP contribution in [0.15, 0.2) is 24.3 Å². The van der Waals surface area contributed by atoms with Gasteiger partial charge in [0.25, 0.3) is 0 Å². The summed E-state index contributed by atoms with van der Waals surface area (Å²) in [5.74, 6) is -0.355. The van der Waals surface area contributed by atoms with Crippen molar-refractivity contribution in [1.82, 2.24) is 10.6 Å². The lowest BCUT2D eigenvalue weighted by Crippen LogP contribution is -2.52. The van der Waals surface area contributed by atoms with Crippen LogP contribution in [0.3, 0.4) is 0 Å². The second-order valence-corrected chi connectivity index (χ2v) is 5.78. The van der Waals surface area contributed by atoms with Gasteiger partial charge >= 0.3 is 6.09 Å². The number of nitrogens with one attached hydrogen (secondary N) is 2. The third kappa shape index (κ3) is 5.48. The highest BCUT2D eigenvalue weighted by molar-refractivity contribution is 6.30. The van der Waals surface area contributed by atoms with Gasteiger partial charge in [-0.2, -0.15) is 0 Å². The van der Waals surface area contributed by atoms with Crippen molar-refractivity contribution in [1.29, 1.82) is 0 Å². The van der Waals surface area contributed by atoms with Crippen molar-refractivity contribution < 1.29 is 14.7 Å². The first-order chi connectivity index (χ1) is 9.19. The Labute approximate surface area is 123 Å². The van der Waals surface area contributed by atoms with E-state index in [0.717, 1.165) is 5.56 Å². The predicted molar refractivity (Wildman–Crippen MR) is 78.0 cm³/mol. The molecule has 0 saturated heterocycles. The zero-order valence-corrected chi connectivity index (χ0v) is 12.5. The van der Waals surface area contributed by atoms with Crippen LogP contribution in [0.1, 0.15) is 26.3 Å². The van der Waals surface area contributed by atoms with Crippen LogP contribution >= 0.6 is 11.6 Å². The molecule has 1 aromatic carbocycles. The number of carboxylic acid groups (broad SMARTS) is 1. The standard InChI is InChI=1S/C14H19ClN2O3/c1-9(16-13(19)20)12(18)17-14(2,3)8-10-4-6-11(15)7-5-10/h4-7,9,16H,8H2,1-3H3,(H,17,18)(H,19,20). The molecule has 0 spiro atoms. The molecule has 1 aromatic rings. The molecule has 110 valence electrons. The van der Waals surface area contributed by atoms with Gasteiger partial charge < -0.3 is 15.7 Å². The van der Waals surface area contributed by atoms with Gasteiger partial charge in [-0.05, 0) is 44.9 Å². The van der Waals surface area contributed by atoms with Crippen LogP contribution in [-0.4, -0.2) is 28.7 Å². The maximum atomic E-state index is 11.9. The fourth-order valence-corrected chi connectivity index (χ4v) is 1.98. The number of hydrogen-bond acceptors (Lipinski definition) is 2. The number of carbonyl (C=O) groups is 2. The van der Waals surface area contributed by atoms with E-state index in [9.17, 15) is 9.59 Å². The SMILES string of the molecule is CC(NC(=O)O)C(=O)NC(C)(C)Cc1ccc(Cl)cc1. The fourth-order valence-electron chi connectivity index (χ4n) is 1.85. The molecule has 20 heavy (non-hydrogen) atoms. The maximum Gasteiger partial charge on any atom is 0.405 e. The Morgan fingerprint density at radius 3 is 2.35 bits per heavy atom. The number of carbonyl (C=O) groups excluding carboxylic acids is 1. The molecular formula is C14H19ClN2O3. The summed E-state index contributed by atoms with van der Waals surface area (Å²) in [4.78, 5) is 22.4. The lowest BCUT2D eigenvalue weighted by Gasteiger charge is -2.28. The summed E-state index contributed by atoms with van der Waals surface area (Å²) in [6.45, 7) is 5.27. The van der Waals surface area contributed by atoms with Crippen molar-refractivity contribution in [3.8, 4) is 0 Å².